The van der Waals surface area contributed by atoms with Crippen LogP contribution in [0.1, 0.15) is 21.5 Å². The average molecular weight is 324 g/mol. The minimum Gasteiger partial charge on any atom is -0.488 e. The standard InChI is InChI=1S/C19H20O3Si/c1-23(2,3)12-11-15-9-10-17(19(20)21)18(13-15)22-14-16-7-5-4-6-8-16/h4-10,13H,14H2,1-3H3,(H,20,21). The molecule has 0 amide bonds. The first-order valence-corrected chi connectivity index (χ1v) is 10.9. The number of hydrogen-bond donors (Lipinski definition) is 1. The molecule has 0 heterocycles. The number of carboxylic acid groups (broad SMARTS) is 1. The van der Waals surface area contributed by atoms with Gasteiger partial charge in [-0.25, -0.2) is 4.79 Å². The lowest BCUT2D eigenvalue weighted by atomic mass is 10.1. The van der Waals surface area contributed by atoms with Crippen molar-refractivity contribution in [1.29, 1.82) is 0 Å². The lowest BCUT2D eigenvalue weighted by molar-refractivity contribution is 0.0691. The minimum absolute atomic E-state index is 0.152. The third-order valence-corrected chi connectivity index (χ3v) is 3.91. The van der Waals surface area contributed by atoms with Crippen molar-refractivity contribution in [1.82, 2.24) is 0 Å². The third kappa shape index (κ3) is 5.31. The van der Waals surface area contributed by atoms with Gasteiger partial charge in [-0.1, -0.05) is 55.9 Å². The molecule has 0 radical (unpaired) electrons. The lowest BCUT2D eigenvalue weighted by Crippen LogP contribution is -2.16. The van der Waals surface area contributed by atoms with E-state index >= 15 is 0 Å². The Morgan fingerprint density at radius 1 is 1.13 bits per heavy atom. The van der Waals surface area contributed by atoms with Crippen molar-refractivity contribution >= 4 is 14.0 Å². The Balaban J connectivity index is 2.27. The summed E-state index contributed by atoms with van der Waals surface area (Å²) >= 11 is 0. The predicted molar refractivity (Wildman–Crippen MR) is 94.4 cm³/mol. The van der Waals surface area contributed by atoms with Crippen LogP contribution in [0.25, 0.3) is 0 Å². The summed E-state index contributed by atoms with van der Waals surface area (Å²) in [6.45, 7) is 6.82. The van der Waals surface area contributed by atoms with Crippen molar-refractivity contribution in [3.63, 3.8) is 0 Å². The highest BCUT2D eigenvalue weighted by molar-refractivity contribution is 6.83. The van der Waals surface area contributed by atoms with E-state index in [0.717, 1.165) is 11.1 Å². The first-order valence-electron chi connectivity index (χ1n) is 7.42. The molecule has 0 saturated carbocycles. The number of rotatable bonds is 4. The van der Waals surface area contributed by atoms with E-state index in [-0.39, 0.29) is 5.56 Å². The summed E-state index contributed by atoms with van der Waals surface area (Å²) in [5.74, 6) is 2.48. The van der Waals surface area contributed by atoms with Gasteiger partial charge in [-0.2, -0.15) is 0 Å². The van der Waals surface area contributed by atoms with Gasteiger partial charge in [-0.3, -0.25) is 0 Å². The molecule has 4 heteroatoms. The van der Waals surface area contributed by atoms with Crippen LogP contribution in [0.4, 0.5) is 0 Å². The van der Waals surface area contributed by atoms with Crippen molar-refractivity contribution in [2.75, 3.05) is 0 Å². The van der Waals surface area contributed by atoms with Gasteiger partial charge in [0.1, 0.15) is 26.0 Å². The van der Waals surface area contributed by atoms with Crippen LogP contribution in [-0.4, -0.2) is 19.1 Å². The summed E-state index contributed by atoms with van der Waals surface area (Å²) in [6.07, 6.45) is 0. The van der Waals surface area contributed by atoms with Crippen molar-refractivity contribution in [3.8, 4) is 17.2 Å². The van der Waals surface area contributed by atoms with Gasteiger partial charge in [-0.05, 0) is 23.8 Å². The van der Waals surface area contributed by atoms with Crippen molar-refractivity contribution in [2.45, 2.75) is 26.2 Å². The zero-order valence-corrected chi connectivity index (χ0v) is 14.6. The van der Waals surface area contributed by atoms with Crippen molar-refractivity contribution in [3.05, 3.63) is 65.2 Å². The SMILES string of the molecule is C[Si](C)(C)C#Cc1ccc(C(=O)O)c(OCc2ccccc2)c1. The second-order valence-corrected chi connectivity index (χ2v) is 11.0. The maximum atomic E-state index is 11.4. The van der Waals surface area contributed by atoms with Crippen LogP contribution in [0.3, 0.4) is 0 Å². The Kier molecular flexibility index (Phi) is 5.25. The first-order chi connectivity index (χ1) is 10.8. The maximum absolute atomic E-state index is 11.4. The molecule has 2 aromatic carbocycles. The maximum Gasteiger partial charge on any atom is 0.339 e. The molecular weight excluding hydrogens is 304 g/mol. The van der Waals surface area contributed by atoms with E-state index in [9.17, 15) is 9.90 Å². The molecule has 118 valence electrons. The van der Waals surface area contributed by atoms with E-state index in [1.807, 2.05) is 30.3 Å². The van der Waals surface area contributed by atoms with Gasteiger partial charge >= 0.3 is 5.97 Å². The zero-order valence-electron chi connectivity index (χ0n) is 13.6. The number of aromatic carboxylic acids is 1. The fourth-order valence-corrected chi connectivity index (χ4v) is 2.41. The van der Waals surface area contributed by atoms with Crippen LogP contribution in [0.2, 0.25) is 19.6 Å². The number of ether oxygens (including phenoxy) is 1. The van der Waals surface area contributed by atoms with Crippen molar-refractivity contribution in [2.24, 2.45) is 0 Å². The normalized spacial score (nSPS) is 10.6. The Morgan fingerprint density at radius 3 is 2.43 bits per heavy atom. The van der Waals surface area contributed by atoms with Gasteiger partial charge in [0, 0.05) is 5.56 Å². The van der Waals surface area contributed by atoms with E-state index < -0.39 is 14.0 Å². The summed E-state index contributed by atoms with van der Waals surface area (Å²) in [6, 6.07) is 14.6. The van der Waals surface area contributed by atoms with Crippen LogP contribution in [0, 0.1) is 11.5 Å². The lowest BCUT2D eigenvalue weighted by Gasteiger charge is -2.10. The van der Waals surface area contributed by atoms with Gasteiger partial charge < -0.3 is 9.84 Å². The number of hydrogen-bond acceptors (Lipinski definition) is 2. The smallest absolute Gasteiger partial charge is 0.339 e. The molecule has 1 N–H and O–H groups in total. The molecule has 0 aliphatic heterocycles. The van der Waals surface area contributed by atoms with Crippen LogP contribution in [0.15, 0.2) is 48.5 Å². The van der Waals surface area contributed by atoms with E-state index in [4.69, 9.17) is 4.74 Å². The molecule has 0 aliphatic rings. The Morgan fingerprint density at radius 2 is 1.83 bits per heavy atom. The molecule has 2 rings (SSSR count). The molecule has 0 bridgehead atoms. The third-order valence-electron chi connectivity index (χ3n) is 3.03. The highest BCUT2D eigenvalue weighted by atomic mass is 28.3. The highest BCUT2D eigenvalue weighted by Gasteiger charge is 2.12. The summed E-state index contributed by atoms with van der Waals surface area (Å²) in [4.78, 5) is 11.4. The van der Waals surface area contributed by atoms with Crippen LogP contribution >= 0.6 is 0 Å². The Bertz CT molecular complexity index is 750. The molecule has 0 aliphatic carbocycles. The fraction of sp³-hybridized carbons (Fsp3) is 0.211. The van der Waals surface area contributed by atoms with Crippen molar-refractivity contribution < 1.29 is 14.6 Å². The first kappa shape index (κ1) is 16.9. The average Bonchev–Trinajstić information content (AvgIpc) is 2.51. The molecule has 0 unspecified atom stereocenters. The molecule has 0 aromatic heterocycles. The second kappa shape index (κ2) is 7.17. The molecule has 2 aromatic rings. The minimum atomic E-state index is -1.48. The second-order valence-electron chi connectivity index (χ2n) is 6.29. The summed E-state index contributed by atoms with van der Waals surface area (Å²) in [7, 11) is -1.48. The molecule has 0 saturated heterocycles. The van der Waals surface area contributed by atoms with Crippen LogP contribution in [-0.2, 0) is 6.61 Å². The highest BCUT2D eigenvalue weighted by Crippen LogP contribution is 2.22. The molecule has 0 fully saturated rings. The zero-order chi connectivity index (χ0) is 16.9. The summed E-state index contributed by atoms with van der Waals surface area (Å²) in [5, 5.41) is 9.30. The van der Waals surface area contributed by atoms with E-state index in [2.05, 4.69) is 31.1 Å². The van der Waals surface area contributed by atoms with E-state index in [1.54, 1.807) is 18.2 Å². The number of carboxylic acids is 1. The van der Waals surface area contributed by atoms with Gasteiger partial charge in [0.2, 0.25) is 0 Å². The van der Waals surface area contributed by atoms with Crippen LogP contribution in [0.5, 0.6) is 5.75 Å². The Hall–Kier alpha value is -2.51. The summed E-state index contributed by atoms with van der Waals surface area (Å²) in [5.41, 5.74) is 5.19. The van der Waals surface area contributed by atoms with Crippen LogP contribution < -0.4 is 4.74 Å². The molecule has 0 atom stereocenters. The van der Waals surface area contributed by atoms with E-state index in [1.165, 1.54) is 0 Å². The summed E-state index contributed by atoms with van der Waals surface area (Å²) < 4.78 is 5.72. The quantitative estimate of drug-likeness (QED) is 0.677. The molecular formula is C19H20O3Si. The number of benzene rings is 2. The molecule has 0 spiro atoms. The largest absolute Gasteiger partial charge is 0.488 e. The topological polar surface area (TPSA) is 46.5 Å². The molecule has 23 heavy (non-hydrogen) atoms. The van der Waals surface area contributed by atoms with Gasteiger partial charge in [0.15, 0.2) is 0 Å². The fourth-order valence-electron chi connectivity index (χ4n) is 1.89. The van der Waals surface area contributed by atoms with Gasteiger partial charge in [-0.15, -0.1) is 5.54 Å². The predicted octanol–water partition coefficient (Wildman–Crippen LogP) is 4.19. The van der Waals surface area contributed by atoms with E-state index in [0.29, 0.717) is 12.4 Å². The van der Waals surface area contributed by atoms with Gasteiger partial charge in [0.25, 0.3) is 0 Å². The Labute approximate surface area is 137 Å². The monoisotopic (exact) mass is 324 g/mol. The molecule has 3 nitrogen and oxygen atoms in total. The number of carbonyl (C=O) groups is 1. The van der Waals surface area contributed by atoms with Gasteiger partial charge in [0.05, 0.1) is 0 Å².